The van der Waals surface area contributed by atoms with Gasteiger partial charge in [0.15, 0.2) is 0 Å². The SMILES string of the molecule is COc1ccc(S(=O)(=O)NCCC(CCO)c2ccccc2)cc1. The minimum absolute atomic E-state index is 0.0742. The Hall–Kier alpha value is -1.89. The molecule has 0 saturated heterocycles. The molecule has 2 aromatic carbocycles. The van der Waals surface area contributed by atoms with Crippen LogP contribution in [0, 0.1) is 0 Å². The van der Waals surface area contributed by atoms with Crippen molar-refractivity contribution in [3.8, 4) is 5.75 Å². The van der Waals surface area contributed by atoms with Crippen molar-refractivity contribution in [2.75, 3.05) is 20.3 Å². The Balaban J connectivity index is 1.97. The smallest absolute Gasteiger partial charge is 0.240 e. The van der Waals surface area contributed by atoms with Crippen LogP contribution in [0.25, 0.3) is 0 Å². The molecule has 2 N–H and O–H groups in total. The summed E-state index contributed by atoms with van der Waals surface area (Å²) in [4.78, 5) is 0.210. The van der Waals surface area contributed by atoms with E-state index in [1.54, 1.807) is 12.1 Å². The standard InChI is InChI=1S/C18H23NO4S/c1-23-17-7-9-18(10-8-17)24(21,22)19-13-11-16(12-14-20)15-5-3-2-4-6-15/h2-10,16,19-20H,11-14H2,1H3. The number of rotatable bonds is 9. The van der Waals surface area contributed by atoms with Gasteiger partial charge in [-0.15, -0.1) is 0 Å². The molecule has 0 aliphatic rings. The van der Waals surface area contributed by atoms with E-state index in [4.69, 9.17) is 4.74 Å². The molecule has 5 nitrogen and oxygen atoms in total. The summed E-state index contributed by atoms with van der Waals surface area (Å²) in [5.41, 5.74) is 1.11. The van der Waals surface area contributed by atoms with Crippen molar-refractivity contribution >= 4 is 10.0 Å². The van der Waals surface area contributed by atoms with E-state index < -0.39 is 10.0 Å². The molecule has 0 spiro atoms. The van der Waals surface area contributed by atoms with E-state index in [1.807, 2.05) is 30.3 Å². The van der Waals surface area contributed by atoms with Gasteiger partial charge in [0.25, 0.3) is 0 Å². The first kappa shape index (κ1) is 18.4. The Morgan fingerprint density at radius 3 is 2.29 bits per heavy atom. The molecule has 1 atom stereocenters. The van der Waals surface area contributed by atoms with Crippen LogP contribution in [-0.4, -0.2) is 33.8 Å². The zero-order chi connectivity index (χ0) is 17.4. The van der Waals surface area contributed by atoms with Gasteiger partial charge >= 0.3 is 0 Å². The lowest BCUT2D eigenvalue weighted by Crippen LogP contribution is -2.26. The summed E-state index contributed by atoms with van der Waals surface area (Å²) in [6.45, 7) is 0.388. The maximum absolute atomic E-state index is 12.3. The summed E-state index contributed by atoms with van der Waals surface area (Å²) in [7, 11) is -2.01. The maximum Gasteiger partial charge on any atom is 0.240 e. The molecular formula is C18H23NO4S. The number of sulfonamides is 1. The van der Waals surface area contributed by atoms with E-state index in [-0.39, 0.29) is 17.4 Å². The second-order valence-corrected chi connectivity index (χ2v) is 7.25. The van der Waals surface area contributed by atoms with Gasteiger partial charge in [0.05, 0.1) is 12.0 Å². The van der Waals surface area contributed by atoms with Crippen LogP contribution in [0.1, 0.15) is 24.3 Å². The second kappa shape index (κ2) is 8.82. The lowest BCUT2D eigenvalue weighted by Gasteiger charge is -2.16. The number of nitrogens with one attached hydrogen (secondary N) is 1. The summed E-state index contributed by atoms with van der Waals surface area (Å²) in [5.74, 6) is 0.732. The normalized spacial score (nSPS) is 12.8. The maximum atomic E-state index is 12.3. The Kier molecular flexibility index (Phi) is 6.78. The number of ether oxygens (including phenoxy) is 1. The van der Waals surface area contributed by atoms with Gasteiger partial charge in [0, 0.05) is 13.2 Å². The van der Waals surface area contributed by atoms with E-state index in [1.165, 1.54) is 19.2 Å². The molecule has 130 valence electrons. The van der Waals surface area contributed by atoms with Crippen molar-refractivity contribution in [1.82, 2.24) is 4.72 Å². The highest BCUT2D eigenvalue weighted by Gasteiger charge is 2.16. The lowest BCUT2D eigenvalue weighted by atomic mass is 9.93. The first-order chi connectivity index (χ1) is 11.6. The summed E-state index contributed by atoms with van der Waals surface area (Å²) < 4.78 is 32.3. The van der Waals surface area contributed by atoms with Crippen LogP contribution in [0.2, 0.25) is 0 Å². The number of aliphatic hydroxyl groups excluding tert-OH is 1. The Morgan fingerprint density at radius 1 is 1.04 bits per heavy atom. The first-order valence-corrected chi connectivity index (χ1v) is 9.34. The van der Waals surface area contributed by atoms with Gasteiger partial charge in [-0.3, -0.25) is 0 Å². The summed E-state index contributed by atoms with van der Waals surface area (Å²) in [6, 6.07) is 16.1. The molecule has 0 aliphatic carbocycles. The molecule has 2 rings (SSSR count). The van der Waals surface area contributed by atoms with Gasteiger partial charge in [-0.25, -0.2) is 13.1 Å². The Morgan fingerprint density at radius 2 is 1.71 bits per heavy atom. The molecular weight excluding hydrogens is 326 g/mol. The summed E-state index contributed by atoms with van der Waals surface area (Å²) >= 11 is 0. The van der Waals surface area contributed by atoms with Crippen molar-refractivity contribution in [3.05, 3.63) is 60.2 Å². The van der Waals surface area contributed by atoms with Crippen LogP contribution >= 0.6 is 0 Å². The fourth-order valence-electron chi connectivity index (χ4n) is 2.56. The van der Waals surface area contributed by atoms with Crippen molar-refractivity contribution in [1.29, 1.82) is 0 Å². The van der Waals surface area contributed by atoms with Crippen LogP contribution in [0.5, 0.6) is 5.75 Å². The fourth-order valence-corrected chi connectivity index (χ4v) is 3.61. The molecule has 1 unspecified atom stereocenters. The van der Waals surface area contributed by atoms with Crippen molar-refractivity contribution in [3.63, 3.8) is 0 Å². The minimum atomic E-state index is -3.55. The summed E-state index contributed by atoms with van der Waals surface area (Å²) in [5, 5.41) is 9.23. The van der Waals surface area contributed by atoms with Gasteiger partial charge in [-0.05, 0) is 48.6 Å². The van der Waals surface area contributed by atoms with Crippen LogP contribution in [0.15, 0.2) is 59.5 Å². The number of aliphatic hydroxyl groups is 1. The van der Waals surface area contributed by atoms with E-state index in [0.29, 0.717) is 25.1 Å². The van der Waals surface area contributed by atoms with Crippen LogP contribution in [-0.2, 0) is 10.0 Å². The monoisotopic (exact) mass is 349 g/mol. The molecule has 0 aromatic heterocycles. The van der Waals surface area contributed by atoms with Crippen molar-refractivity contribution < 1.29 is 18.3 Å². The predicted molar refractivity (Wildman–Crippen MR) is 93.7 cm³/mol. The summed E-state index contributed by atoms with van der Waals surface area (Å²) in [6.07, 6.45) is 1.23. The number of hydrogen-bond acceptors (Lipinski definition) is 4. The molecule has 6 heteroatoms. The van der Waals surface area contributed by atoms with Gasteiger partial charge in [-0.2, -0.15) is 0 Å². The Labute approximate surface area is 143 Å². The van der Waals surface area contributed by atoms with Gasteiger partial charge < -0.3 is 9.84 Å². The van der Waals surface area contributed by atoms with Crippen molar-refractivity contribution in [2.45, 2.75) is 23.7 Å². The third-order valence-corrected chi connectivity index (χ3v) is 5.38. The minimum Gasteiger partial charge on any atom is -0.497 e. The average Bonchev–Trinajstić information content (AvgIpc) is 2.61. The highest BCUT2D eigenvalue weighted by Crippen LogP contribution is 2.23. The molecule has 0 bridgehead atoms. The van der Waals surface area contributed by atoms with Gasteiger partial charge in [-0.1, -0.05) is 30.3 Å². The second-order valence-electron chi connectivity index (χ2n) is 5.48. The third-order valence-electron chi connectivity index (χ3n) is 3.90. The lowest BCUT2D eigenvalue weighted by molar-refractivity contribution is 0.273. The van der Waals surface area contributed by atoms with E-state index >= 15 is 0 Å². The quantitative estimate of drug-likeness (QED) is 0.729. The van der Waals surface area contributed by atoms with Crippen LogP contribution in [0.4, 0.5) is 0 Å². The number of benzene rings is 2. The van der Waals surface area contributed by atoms with E-state index in [9.17, 15) is 13.5 Å². The number of methoxy groups -OCH3 is 1. The molecule has 0 aliphatic heterocycles. The van der Waals surface area contributed by atoms with Crippen LogP contribution in [0.3, 0.4) is 0 Å². The third kappa shape index (κ3) is 5.06. The average molecular weight is 349 g/mol. The molecule has 2 aromatic rings. The molecule has 0 amide bonds. The first-order valence-electron chi connectivity index (χ1n) is 7.86. The predicted octanol–water partition coefficient (Wildman–Crippen LogP) is 2.53. The number of hydrogen-bond donors (Lipinski definition) is 2. The molecule has 24 heavy (non-hydrogen) atoms. The van der Waals surface area contributed by atoms with E-state index in [2.05, 4.69) is 4.72 Å². The molecule has 0 fully saturated rings. The topological polar surface area (TPSA) is 75.6 Å². The largest absolute Gasteiger partial charge is 0.497 e. The molecule has 0 heterocycles. The van der Waals surface area contributed by atoms with Gasteiger partial charge in [0.1, 0.15) is 5.75 Å². The van der Waals surface area contributed by atoms with Gasteiger partial charge in [0.2, 0.25) is 10.0 Å². The van der Waals surface area contributed by atoms with Crippen LogP contribution < -0.4 is 9.46 Å². The molecule has 0 radical (unpaired) electrons. The highest BCUT2D eigenvalue weighted by atomic mass is 32.2. The fraction of sp³-hybridized carbons (Fsp3) is 0.333. The van der Waals surface area contributed by atoms with Crippen molar-refractivity contribution in [2.24, 2.45) is 0 Å². The zero-order valence-electron chi connectivity index (χ0n) is 13.7. The van der Waals surface area contributed by atoms with E-state index in [0.717, 1.165) is 5.56 Å². The Bertz CT molecular complexity index is 714. The highest BCUT2D eigenvalue weighted by molar-refractivity contribution is 7.89. The molecule has 0 saturated carbocycles. The zero-order valence-corrected chi connectivity index (χ0v) is 14.5.